The number of hydrogen-bond acceptors (Lipinski definition) is 4. The topological polar surface area (TPSA) is 104 Å². The molecule has 21 heavy (non-hydrogen) atoms. The molecular formula is C14H13N3O4. The fourth-order valence-corrected chi connectivity index (χ4v) is 1.70. The van der Waals surface area contributed by atoms with E-state index in [1.807, 2.05) is 0 Å². The summed E-state index contributed by atoms with van der Waals surface area (Å²) in [4.78, 5) is 22.8. The van der Waals surface area contributed by atoms with Gasteiger partial charge in [0.25, 0.3) is 0 Å². The first-order chi connectivity index (χ1) is 9.97. The molecule has 0 saturated carbocycles. The van der Waals surface area contributed by atoms with Crippen molar-refractivity contribution < 1.29 is 19.8 Å². The van der Waals surface area contributed by atoms with E-state index in [2.05, 4.69) is 10.4 Å². The summed E-state index contributed by atoms with van der Waals surface area (Å²) in [6.07, 6.45) is 4.43. The SMILES string of the molecule is Cn1nccc1C=CC(=O)Nc1ccc(O)cc1C(=O)O. The summed E-state index contributed by atoms with van der Waals surface area (Å²) in [5, 5.41) is 24.7. The van der Waals surface area contributed by atoms with Crippen molar-refractivity contribution in [1.29, 1.82) is 0 Å². The van der Waals surface area contributed by atoms with E-state index in [4.69, 9.17) is 5.11 Å². The predicted octanol–water partition coefficient (Wildman–Crippen LogP) is 1.48. The van der Waals surface area contributed by atoms with Gasteiger partial charge < -0.3 is 15.5 Å². The summed E-state index contributed by atoms with van der Waals surface area (Å²) in [5.74, 6) is -1.91. The Labute approximate surface area is 120 Å². The Morgan fingerprint density at radius 1 is 1.33 bits per heavy atom. The highest BCUT2D eigenvalue weighted by Gasteiger charge is 2.12. The summed E-state index contributed by atoms with van der Waals surface area (Å²) < 4.78 is 1.59. The fourth-order valence-electron chi connectivity index (χ4n) is 1.70. The van der Waals surface area contributed by atoms with Crippen LogP contribution in [-0.4, -0.2) is 31.9 Å². The lowest BCUT2D eigenvalue weighted by Gasteiger charge is -2.06. The monoisotopic (exact) mass is 287 g/mol. The van der Waals surface area contributed by atoms with E-state index in [-0.39, 0.29) is 17.0 Å². The molecule has 0 radical (unpaired) electrons. The summed E-state index contributed by atoms with van der Waals surface area (Å²) in [6.45, 7) is 0. The number of carboxylic acids is 1. The van der Waals surface area contributed by atoms with Gasteiger partial charge in [-0.05, 0) is 30.3 Å². The number of phenolic OH excluding ortho intramolecular Hbond substituents is 1. The molecule has 1 amide bonds. The third-order valence-corrected chi connectivity index (χ3v) is 2.76. The number of aromatic hydroxyl groups is 1. The second kappa shape index (κ2) is 5.91. The maximum atomic E-state index is 11.8. The molecule has 0 unspecified atom stereocenters. The Balaban J connectivity index is 2.15. The molecular weight excluding hydrogens is 274 g/mol. The minimum absolute atomic E-state index is 0.111. The molecule has 0 saturated heterocycles. The van der Waals surface area contributed by atoms with E-state index in [1.54, 1.807) is 30.1 Å². The fraction of sp³-hybridized carbons (Fsp3) is 0.0714. The number of nitrogens with zero attached hydrogens (tertiary/aromatic N) is 2. The Hall–Kier alpha value is -3.09. The zero-order valence-corrected chi connectivity index (χ0v) is 11.1. The Morgan fingerprint density at radius 3 is 2.71 bits per heavy atom. The van der Waals surface area contributed by atoms with E-state index >= 15 is 0 Å². The van der Waals surface area contributed by atoms with Gasteiger partial charge in [-0.3, -0.25) is 9.48 Å². The van der Waals surface area contributed by atoms with Gasteiger partial charge >= 0.3 is 5.97 Å². The molecule has 7 heteroatoms. The lowest BCUT2D eigenvalue weighted by molar-refractivity contribution is -0.111. The van der Waals surface area contributed by atoms with Crippen LogP contribution in [0.15, 0.2) is 36.5 Å². The van der Waals surface area contributed by atoms with E-state index < -0.39 is 11.9 Å². The first-order valence-corrected chi connectivity index (χ1v) is 6.01. The Kier molecular flexibility index (Phi) is 4.03. The largest absolute Gasteiger partial charge is 0.508 e. The average molecular weight is 287 g/mol. The van der Waals surface area contributed by atoms with Crippen molar-refractivity contribution in [2.45, 2.75) is 0 Å². The quantitative estimate of drug-likeness (QED) is 0.583. The molecule has 7 nitrogen and oxygen atoms in total. The number of carbonyl (C=O) groups is 2. The van der Waals surface area contributed by atoms with Gasteiger partial charge in [0.15, 0.2) is 0 Å². The number of aryl methyl sites for hydroxylation is 1. The van der Waals surface area contributed by atoms with Gasteiger partial charge in [0.1, 0.15) is 5.75 Å². The molecule has 0 bridgehead atoms. The van der Waals surface area contributed by atoms with Crippen molar-refractivity contribution in [3.8, 4) is 5.75 Å². The molecule has 0 aliphatic rings. The number of anilines is 1. The smallest absolute Gasteiger partial charge is 0.337 e. The molecule has 1 aromatic carbocycles. The maximum absolute atomic E-state index is 11.8. The van der Waals surface area contributed by atoms with Crippen LogP contribution >= 0.6 is 0 Å². The van der Waals surface area contributed by atoms with Crippen LogP contribution in [0.2, 0.25) is 0 Å². The number of phenols is 1. The number of carbonyl (C=O) groups excluding carboxylic acids is 1. The normalized spacial score (nSPS) is 10.7. The summed E-state index contributed by atoms with van der Waals surface area (Å²) >= 11 is 0. The maximum Gasteiger partial charge on any atom is 0.337 e. The second-order valence-corrected chi connectivity index (χ2v) is 4.24. The van der Waals surface area contributed by atoms with Crippen molar-refractivity contribution in [1.82, 2.24) is 9.78 Å². The van der Waals surface area contributed by atoms with Gasteiger partial charge in [-0.25, -0.2) is 4.79 Å². The van der Waals surface area contributed by atoms with Crippen LogP contribution in [0.5, 0.6) is 5.75 Å². The molecule has 2 aromatic rings. The van der Waals surface area contributed by atoms with Gasteiger partial charge in [0, 0.05) is 19.3 Å². The molecule has 108 valence electrons. The number of benzene rings is 1. The molecule has 1 aromatic heterocycles. The minimum atomic E-state index is -1.24. The molecule has 0 spiro atoms. The predicted molar refractivity (Wildman–Crippen MR) is 75.9 cm³/mol. The van der Waals surface area contributed by atoms with Gasteiger partial charge in [-0.2, -0.15) is 5.10 Å². The number of aromatic carboxylic acids is 1. The number of rotatable bonds is 4. The highest BCUT2D eigenvalue weighted by atomic mass is 16.4. The van der Waals surface area contributed by atoms with Crippen molar-refractivity contribution >= 4 is 23.6 Å². The van der Waals surface area contributed by atoms with E-state index in [1.165, 1.54) is 18.2 Å². The summed E-state index contributed by atoms with van der Waals surface area (Å²) in [6, 6.07) is 5.43. The minimum Gasteiger partial charge on any atom is -0.508 e. The highest BCUT2D eigenvalue weighted by Crippen LogP contribution is 2.21. The van der Waals surface area contributed by atoms with Gasteiger partial charge in [-0.15, -0.1) is 0 Å². The lowest BCUT2D eigenvalue weighted by Crippen LogP contribution is -2.12. The Bertz CT molecular complexity index is 719. The zero-order valence-electron chi connectivity index (χ0n) is 11.1. The molecule has 0 aliphatic heterocycles. The van der Waals surface area contributed by atoms with Crippen molar-refractivity contribution in [3.63, 3.8) is 0 Å². The third-order valence-electron chi connectivity index (χ3n) is 2.76. The van der Waals surface area contributed by atoms with Crippen LogP contribution < -0.4 is 5.32 Å². The number of hydrogen-bond donors (Lipinski definition) is 3. The van der Waals surface area contributed by atoms with Crippen LogP contribution in [0.1, 0.15) is 16.1 Å². The average Bonchev–Trinajstić information content (AvgIpc) is 2.84. The van der Waals surface area contributed by atoms with E-state index in [0.717, 1.165) is 11.8 Å². The molecule has 1 heterocycles. The number of amides is 1. The van der Waals surface area contributed by atoms with E-state index in [0.29, 0.717) is 0 Å². The van der Waals surface area contributed by atoms with E-state index in [9.17, 15) is 14.7 Å². The van der Waals surface area contributed by atoms with Crippen molar-refractivity contribution in [3.05, 3.63) is 47.8 Å². The molecule has 0 atom stereocenters. The molecule has 0 fully saturated rings. The van der Waals surface area contributed by atoms with Crippen LogP contribution in [0.4, 0.5) is 5.69 Å². The summed E-state index contributed by atoms with van der Waals surface area (Å²) in [5.41, 5.74) is 0.659. The van der Waals surface area contributed by atoms with Crippen LogP contribution in [0, 0.1) is 0 Å². The first-order valence-electron chi connectivity index (χ1n) is 6.01. The van der Waals surface area contributed by atoms with Crippen LogP contribution in [0.25, 0.3) is 6.08 Å². The standard InChI is InChI=1S/C14H13N3O4/c1-17-9(6-7-15-17)2-5-13(19)16-12-4-3-10(18)8-11(12)14(20)21/h2-8,18H,1H3,(H,16,19)(H,20,21). The van der Waals surface area contributed by atoms with Crippen molar-refractivity contribution in [2.24, 2.45) is 7.05 Å². The van der Waals surface area contributed by atoms with Crippen LogP contribution in [-0.2, 0) is 11.8 Å². The summed E-state index contributed by atoms with van der Waals surface area (Å²) in [7, 11) is 1.74. The second-order valence-electron chi connectivity index (χ2n) is 4.24. The van der Waals surface area contributed by atoms with Crippen molar-refractivity contribution in [2.75, 3.05) is 5.32 Å². The Morgan fingerprint density at radius 2 is 2.10 bits per heavy atom. The van der Waals surface area contributed by atoms with Crippen LogP contribution in [0.3, 0.4) is 0 Å². The number of aromatic nitrogens is 2. The third kappa shape index (κ3) is 3.47. The number of nitrogens with one attached hydrogen (secondary N) is 1. The highest BCUT2D eigenvalue weighted by molar-refractivity contribution is 6.06. The first kappa shape index (κ1) is 14.3. The molecule has 2 rings (SSSR count). The zero-order chi connectivity index (χ0) is 15.4. The lowest BCUT2D eigenvalue weighted by atomic mass is 10.1. The molecule has 0 aliphatic carbocycles. The molecule has 3 N–H and O–H groups in total. The van der Waals surface area contributed by atoms with Gasteiger partial charge in [0.2, 0.25) is 5.91 Å². The van der Waals surface area contributed by atoms with Gasteiger partial charge in [0.05, 0.1) is 16.9 Å². The van der Waals surface area contributed by atoms with Gasteiger partial charge in [-0.1, -0.05) is 0 Å². The number of carboxylic acid groups (broad SMARTS) is 1.